The molecule has 1 unspecified atom stereocenters. The zero-order valence-corrected chi connectivity index (χ0v) is 17.3. The molecular formula is C21H36O8. The number of hydrogen-bond donors (Lipinski definition) is 5. The van der Waals surface area contributed by atoms with Crippen LogP contribution in [0.5, 0.6) is 0 Å². The third kappa shape index (κ3) is 7.62. The molecule has 0 fully saturated rings. The molecule has 3 atom stereocenters. The van der Waals surface area contributed by atoms with E-state index >= 15 is 0 Å². The first-order chi connectivity index (χ1) is 13.9. The van der Waals surface area contributed by atoms with Gasteiger partial charge in [-0.05, 0) is 18.9 Å². The van der Waals surface area contributed by atoms with E-state index in [2.05, 4.69) is 6.92 Å². The Kier molecular flexibility index (Phi) is 11.9. The molecule has 0 amide bonds. The number of allylic oxidation sites excluding steroid dienone is 1. The van der Waals surface area contributed by atoms with Crippen molar-refractivity contribution >= 4 is 5.97 Å². The maximum absolute atomic E-state index is 11.8. The van der Waals surface area contributed by atoms with Gasteiger partial charge in [0.15, 0.2) is 5.76 Å². The fourth-order valence-electron chi connectivity index (χ4n) is 3.34. The molecule has 0 saturated carbocycles. The third-order valence-electron chi connectivity index (χ3n) is 5.03. The first kappa shape index (κ1) is 25.4. The van der Waals surface area contributed by atoms with Gasteiger partial charge in [0.1, 0.15) is 6.10 Å². The van der Waals surface area contributed by atoms with Crippen LogP contribution in [0.2, 0.25) is 0 Å². The zero-order chi connectivity index (χ0) is 21.7. The van der Waals surface area contributed by atoms with Gasteiger partial charge in [0.25, 0.3) is 0 Å². The van der Waals surface area contributed by atoms with Gasteiger partial charge >= 0.3 is 5.97 Å². The van der Waals surface area contributed by atoms with Gasteiger partial charge < -0.3 is 35.0 Å². The van der Waals surface area contributed by atoms with E-state index in [0.29, 0.717) is 0 Å². The first-order valence-corrected chi connectivity index (χ1v) is 10.5. The van der Waals surface area contributed by atoms with E-state index < -0.39 is 49.2 Å². The van der Waals surface area contributed by atoms with Crippen LogP contribution in [0.3, 0.4) is 0 Å². The SMILES string of the molecule is CCCCCCCCCCC=COC1=C(O)C(=O)O[C@]1(CC(O)CO)[C@@H](O)CO. The van der Waals surface area contributed by atoms with E-state index in [1.807, 2.05) is 0 Å². The molecule has 8 heteroatoms. The predicted octanol–water partition coefficient (Wildman–Crippen LogP) is 2.21. The van der Waals surface area contributed by atoms with E-state index in [9.17, 15) is 25.2 Å². The number of aliphatic hydroxyl groups is 5. The molecular weight excluding hydrogens is 380 g/mol. The number of aliphatic hydroxyl groups excluding tert-OH is 5. The van der Waals surface area contributed by atoms with Crippen LogP contribution < -0.4 is 0 Å². The Morgan fingerprint density at radius 1 is 1.03 bits per heavy atom. The Morgan fingerprint density at radius 2 is 1.66 bits per heavy atom. The van der Waals surface area contributed by atoms with E-state index in [1.54, 1.807) is 6.08 Å². The molecule has 0 aromatic heterocycles. The van der Waals surface area contributed by atoms with E-state index in [1.165, 1.54) is 44.8 Å². The summed E-state index contributed by atoms with van der Waals surface area (Å²) in [5.41, 5.74) is -1.97. The number of hydrogen-bond acceptors (Lipinski definition) is 8. The number of esters is 1. The molecule has 1 aliphatic heterocycles. The predicted molar refractivity (Wildman–Crippen MR) is 107 cm³/mol. The van der Waals surface area contributed by atoms with Crippen LogP contribution in [-0.4, -0.2) is 62.5 Å². The monoisotopic (exact) mass is 416 g/mol. The van der Waals surface area contributed by atoms with E-state index in [4.69, 9.17) is 14.6 Å². The highest BCUT2D eigenvalue weighted by Crippen LogP contribution is 2.39. The fourth-order valence-corrected chi connectivity index (χ4v) is 3.34. The highest BCUT2D eigenvalue weighted by atomic mass is 16.6. The highest BCUT2D eigenvalue weighted by Gasteiger charge is 2.55. The lowest BCUT2D eigenvalue weighted by atomic mass is 9.88. The number of ether oxygens (including phenoxy) is 2. The number of unbranched alkanes of at least 4 members (excludes halogenated alkanes) is 8. The van der Waals surface area contributed by atoms with Gasteiger partial charge in [0, 0.05) is 6.42 Å². The summed E-state index contributed by atoms with van der Waals surface area (Å²) in [7, 11) is 0. The van der Waals surface area contributed by atoms with Crippen molar-refractivity contribution in [3.8, 4) is 0 Å². The van der Waals surface area contributed by atoms with Crippen molar-refractivity contribution in [2.24, 2.45) is 0 Å². The molecule has 0 spiro atoms. The summed E-state index contributed by atoms with van der Waals surface area (Å²) >= 11 is 0. The molecule has 0 aromatic rings. The molecule has 1 aliphatic rings. The number of carbonyl (C=O) groups excluding carboxylic acids is 1. The summed E-state index contributed by atoms with van der Waals surface area (Å²) < 4.78 is 10.4. The number of cyclic esters (lactones) is 1. The summed E-state index contributed by atoms with van der Waals surface area (Å²) in [4.78, 5) is 11.8. The van der Waals surface area contributed by atoms with E-state index in [-0.39, 0.29) is 5.76 Å². The lowest BCUT2D eigenvalue weighted by Gasteiger charge is -2.34. The Bertz CT molecular complexity index is 545. The van der Waals surface area contributed by atoms with Gasteiger partial charge in [-0.25, -0.2) is 4.79 Å². The van der Waals surface area contributed by atoms with Crippen molar-refractivity contribution < 1.29 is 39.8 Å². The second-order valence-electron chi connectivity index (χ2n) is 7.45. The molecule has 29 heavy (non-hydrogen) atoms. The summed E-state index contributed by atoms with van der Waals surface area (Å²) in [6.07, 6.45) is 9.89. The average Bonchev–Trinajstić information content (AvgIpc) is 2.95. The molecule has 0 saturated heterocycles. The lowest BCUT2D eigenvalue weighted by Crippen LogP contribution is -2.50. The molecule has 1 heterocycles. The van der Waals surface area contributed by atoms with Gasteiger partial charge in [-0.15, -0.1) is 0 Å². The highest BCUT2D eigenvalue weighted by molar-refractivity contribution is 5.90. The second kappa shape index (κ2) is 13.6. The van der Waals surface area contributed by atoms with Crippen molar-refractivity contribution in [2.45, 2.75) is 88.9 Å². The number of carbonyl (C=O) groups is 1. The van der Waals surface area contributed by atoms with Gasteiger partial charge in [-0.1, -0.05) is 51.9 Å². The Balaban J connectivity index is 2.57. The molecule has 1 rings (SSSR count). The minimum Gasteiger partial charge on any atom is -0.499 e. The van der Waals surface area contributed by atoms with Crippen LogP contribution in [0.4, 0.5) is 0 Å². The van der Waals surface area contributed by atoms with Crippen LogP contribution in [-0.2, 0) is 14.3 Å². The normalized spacial score (nSPS) is 21.6. The van der Waals surface area contributed by atoms with Crippen molar-refractivity contribution in [1.82, 2.24) is 0 Å². The Hall–Kier alpha value is -1.61. The zero-order valence-electron chi connectivity index (χ0n) is 17.3. The minimum atomic E-state index is -1.97. The molecule has 8 nitrogen and oxygen atoms in total. The maximum atomic E-state index is 11.8. The van der Waals surface area contributed by atoms with Crippen LogP contribution in [0.1, 0.15) is 71.1 Å². The van der Waals surface area contributed by atoms with Crippen LogP contribution in [0.15, 0.2) is 23.9 Å². The van der Waals surface area contributed by atoms with Gasteiger partial charge in [-0.3, -0.25) is 0 Å². The van der Waals surface area contributed by atoms with Crippen molar-refractivity contribution in [3.63, 3.8) is 0 Å². The van der Waals surface area contributed by atoms with Crippen LogP contribution in [0, 0.1) is 0 Å². The van der Waals surface area contributed by atoms with Crippen LogP contribution in [0.25, 0.3) is 0 Å². The number of rotatable bonds is 16. The van der Waals surface area contributed by atoms with Crippen molar-refractivity contribution in [3.05, 3.63) is 23.9 Å². The van der Waals surface area contributed by atoms with Crippen molar-refractivity contribution in [1.29, 1.82) is 0 Å². The minimum absolute atomic E-state index is 0.385. The summed E-state index contributed by atoms with van der Waals surface area (Å²) in [6.45, 7) is 0.744. The Morgan fingerprint density at radius 3 is 2.24 bits per heavy atom. The van der Waals surface area contributed by atoms with Gasteiger partial charge in [-0.2, -0.15) is 0 Å². The van der Waals surface area contributed by atoms with E-state index in [0.717, 1.165) is 19.3 Å². The quantitative estimate of drug-likeness (QED) is 0.147. The molecule has 0 bridgehead atoms. The molecule has 168 valence electrons. The molecule has 0 aromatic carbocycles. The average molecular weight is 417 g/mol. The second-order valence-corrected chi connectivity index (χ2v) is 7.45. The smallest absolute Gasteiger partial charge is 0.378 e. The van der Waals surface area contributed by atoms with Gasteiger partial charge in [0.2, 0.25) is 11.4 Å². The molecule has 0 aliphatic carbocycles. The van der Waals surface area contributed by atoms with Crippen molar-refractivity contribution in [2.75, 3.05) is 13.2 Å². The fraction of sp³-hybridized carbons (Fsp3) is 0.762. The third-order valence-corrected chi connectivity index (χ3v) is 5.03. The molecule has 0 radical (unpaired) electrons. The van der Waals surface area contributed by atoms with Crippen LogP contribution >= 0.6 is 0 Å². The molecule has 5 N–H and O–H groups in total. The largest absolute Gasteiger partial charge is 0.499 e. The standard InChI is InChI=1S/C21H36O8/c1-2-3-4-5-6-7-8-9-10-11-12-28-19-18(26)20(27)29-21(19,17(25)15-23)13-16(24)14-22/h11-12,16-17,22-26H,2-10,13-15H2,1H3/t16?,17-,21+/m0/s1. The topological polar surface area (TPSA) is 137 Å². The lowest BCUT2D eigenvalue weighted by molar-refractivity contribution is -0.169. The first-order valence-electron chi connectivity index (χ1n) is 10.5. The maximum Gasteiger partial charge on any atom is 0.378 e. The summed E-state index contributed by atoms with van der Waals surface area (Å²) in [5.74, 6) is -2.35. The van der Waals surface area contributed by atoms with Gasteiger partial charge in [0.05, 0.1) is 25.6 Å². The summed E-state index contributed by atoms with van der Waals surface area (Å²) in [5, 5.41) is 48.4. The Labute approximate surface area is 172 Å². The summed E-state index contributed by atoms with van der Waals surface area (Å²) in [6, 6.07) is 0.